The van der Waals surface area contributed by atoms with Crippen molar-refractivity contribution in [3.05, 3.63) is 29.8 Å². The summed E-state index contributed by atoms with van der Waals surface area (Å²) in [6.07, 6.45) is 3.19. The number of carbonyl (C=O) groups excluding carboxylic acids is 1. The van der Waals surface area contributed by atoms with Gasteiger partial charge in [-0.05, 0) is 43.7 Å². The Hall–Kier alpha value is -2.08. The maximum absolute atomic E-state index is 12.5. The van der Waals surface area contributed by atoms with Gasteiger partial charge in [-0.2, -0.15) is 0 Å². The molecule has 0 spiro atoms. The molecular weight excluding hydrogens is 352 g/mol. The fourth-order valence-corrected chi connectivity index (χ4v) is 3.20. The monoisotopic (exact) mass is 388 g/mol. The van der Waals surface area contributed by atoms with Gasteiger partial charge < -0.3 is 20.3 Å². The second-order valence-electron chi connectivity index (χ2n) is 7.54. The first-order valence-corrected chi connectivity index (χ1v) is 10.6. The molecule has 0 bridgehead atoms. The lowest BCUT2D eigenvalue weighted by molar-refractivity contribution is -0.118. The molecule has 28 heavy (non-hydrogen) atoms. The Morgan fingerprint density at radius 2 is 2.07 bits per heavy atom. The number of ether oxygens (including phenoxy) is 1. The highest BCUT2D eigenvalue weighted by Crippen LogP contribution is 2.27. The topological polar surface area (TPSA) is 66.0 Å². The van der Waals surface area contributed by atoms with Crippen molar-refractivity contribution in [2.24, 2.45) is 10.9 Å². The number of benzene rings is 1. The minimum absolute atomic E-state index is 0.195. The van der Waals surface area contributed by atoms with Crippen molar-refractivity contribution in [1.82, 2.24) is 10.6 Å². The van der Waals surface area contributed by atoms with Gasteiger partial charge in [0.05, 0.1) is 0 Å². The number of hydrogen-bond acceptors (Lipinski definition) is 3. The van der Waals surface area contributed by atoms with Crippen LogP contribution in [0.4, 0.5) is 5.69 Å². The number of fused-ring (bicyclic) bond motifs is 1. The molecule has 0 unspecified atom stereocenters. The van der Waals surface area contributed by atoms with Crippen LogP contribution in [-0.2, 0) is 16.0 Å². The first-order valence-electron chi connectivity index (χ1n) is 10.6. The summed E-state index contributed by atoms with van der Waals surface area (Å²) in [6.45, 7) is 11.0. The van der Waals surface area contributed by atoms with Crippen LogP contribution in [0.5, 0.6) is 0 Å². The van der Waals surface area contributed by atoms with Crippen LogP contribution in [0.2, 0.25) is 0 Å². The van der Waals surface area contributed by atoms with Crippen molar-refractivity contribution < 1.29 is 9.53 Å². The molecule has 6 nitrogen and oxygen atoms in total. The third-order valence-corrected chi connectivity index (χ3v) is 4.56. The van der Waals surface area contributed by atoms with Crippen LogP contribution in [0.1, 0.15) is 45.6 Å². The van der Waals surface area contributed by atoms with E-state index in [0.29, 0.717) is 18.9 Å². The summed E-state index contributed by atoms with van der Waals surface area (Å²) in [5.41, 5.74) is 2.34. The van der Waals surface area contributed by atoms with Gasteiger partial charge in [0, 0.05) is 51.5 Å². The van der Waals surface area contributed by atoms with E-state index in [2.05, 4.69) is 42.5 Å². The predicted octanol–water partition coefficient (Wildman–Crippen LogP) is 2.97. The summed E-state index contributed by atoms with van der Waals surface area (Å²) >= 11 is 0. The molecule has 0 radical (unpaired) electrons. The van der Waals surface area contributed by atoms with E-state index in [1.807, 2.05) is 23.1 Å². The lowest BCUT2D eigenvalue weighted by Gasteiger charge is -2.17. The fraction of sp³-hybridized carbons (Fsp3) is 0.636. The third-order valence-electron chi connectivity index (χ3n) is 4.56. The molecule has 2 N–H and O–H groups in total. The van der Waals surface area contributed by atoms with Crippen LogP contribution in [0.3, 0.4) is 0 Å². The normalized spacial score (nSPS) is 13.7. The predicted molar refractivity (Wildman–Crippen MR) is 116 cm³/mol. The van der Waals surface area contributed by atoms with Crippen LogP contribution >= 0.6 is 0 Å². The van der Waals surface area contributed by atoms with Crippen molar-refractivity contribution in [3.8, 4) is 0 Å². The molecular formula is C22H36N4O2. The zero-order chi connectivity index (χ0) is 20.2. The summed E-state index contributed by atoms with van der Waals surface area (Å²) < 4.78 is 5.59. The summed E-state index contributed by atoms with van der Waals surface area (Å²) in [5.74, 6) is 1.58. The highest BCUT2D eigenvalue weighted by Gasteiger charge is 2.23. The number of carbonyl (C=O) groups is 1. The molecule has 6 heteroatoms. The number of anilines is 1. The molecule has 156 valence electrons. The van der Waals surface area contributed by atoms with Gasteiger partial charge in [-0.15, -0.1) is 0 Å². The number of para-hydroxylation sites is 1. The van der Waals surface area contributed by atoms with Gasteiger partial charge in [0.2, 0.25) is 5.91 Å². The highest BCUT2D eigenvalue weighted by molar-refractivity contribution is 5.95. The number of nitrogens with zero attached hydrogens (tertiary/aromatic N) is 2. The Balaban J connectivity index is 1.67. The van der Waals surface area contributed by atoms with E-state index in [4.69, 9.17) is 4.74 Å². The van der Waals surface area contributed by atoms with Crippen molar-refractivity contribution in [2.75, 3.05) is 44.3 Å². The van der Waals surface area contributed by atoms with Gasteiger partial charge in [0.25, 0.3) is 0 Å². The lowest BCUT2D eigenvalue weighted by atomic mass is 10.2. The average molecular weight is 389 g/mol. The highest BCUT2D eigenvalue weighted by atomic mass is 16.5. The van der Waals surface area contributed by atoms with Gasteiger partial charge in [0.1, 0.15) is 0 Å². The van der Waals surface area contributed by atoms with E-state index < -0.39 is 0 Å². The summed E-state index contributed by atoms with van der Waals surface area (Å²) in [6, 6.07) is 8.18. The van der Waals surface area contributed by atoms with E-state index in [9.17, 15) is 4.79 Å². The van der Waals surface area contributed by atoms with Crippen LogP contribution in [0.15, 0.2) is 29.3 Å². The molecule has 0 aromatic heterocycles. The Kier molecular flexibility index (Phi) is 9.83. The molecule has 1 heterocycles. The molecule has 1 aliphatic heterocycles. The van der Waals surface area contributed by atoms with Crippen LogP contribution in [-0.4, -0.2) is 51.3 Å². The standard InChI is InChI=1S/C22H36N4O2/c1-4-23-22(25-14-8-16-28-17-18(2)3)24-13-7-11-21(27)26-15-12-19-9-5-6-10-20(19)26/h5-6,9-10,18H,4,7-8,11-17H2,1-3H3,(H2,23,24,25). The molecule has 1 aromatic carbocycles. The Bertz CT molecular complexity index is 631. The quantitative estimate of drug-likeness (QED) is 0.347. The van der Waals surface area contributed by atoms with Gasteiger partial charge in [0.15, 0.2) is 5.96 Å². The molecule has 0 atom stereocenters. The van der Waals surface area contributed by atoms with Crippen molar-refractivity contribution >= 4 is 17.6 Å². The number of amides is 1. The molecule has 1 amide bonds. The van der Waals surface area contributed by atoms with E-state index in [0.717, 1.165) is 63.8 Å². The molecule has 2 rings (SSSR count). The number of nitrogens with one attached hydrogen (secondary N) is 2. The zero-order valence-corrected chi connectivity index (χ0v) is 17.7. The maximum Gasteiger partial charge on any atom is 0.227 e. The zero-order valence-electron chi connectivity index (χ0n) is 17.7. The van der Waals surface area contributed by atoms with Crippen molar-refractivity contribution in [1.29, 1.82) is 0 Å². The first-order chi connectivity index (χ1) is 13.6. The van der Waals surface area contributed by atoms with Crippen LogP contribution in [0.25, 0.3) is 0 Å². The second kappa shape index (κ2) is 12.4. The number of rotatable bonds is 11. The number of hydrogen-bond donors (Lipinski definition) is 2. The van der Waals surface area contributed by atoms with Gasteiger partial charge in [-0.1, -0.05) is 32.0 Å². The summed E-state index contributed by atoms with van der Waals surface area (Å²) in [4.78, 5) is 19.0. The molecule has 0 saturated heterocycles. The minimum Gasteiger partial charge on any atom is -0.381 e. The minimum atomic E-state index is 0.195. The van der Waals surface area contributed by atoms with E-state index >= 15 is 0 Å². The van der Waals surface area contributed by atoms with E-state index in [1.165, 1.54) is 5.56 Å². The van der Waals surface area contributed by atoms with Gasteiger partial charge in [-0.3, -0.25) is 9.79 Å². The summed E-state index contributed by atoms with van der Waals surface area (Å²) in [7, 11) is 0. The SMILES string of the molecule is CCNC(=NCCCC(=O)N1CCc2ccccc21)NCCCOCC(C)C. The Labute approximate surface area is 169 Å². The second-order valence-corrected chi connectivity index (χ2v) is 7.54. The average Bonchev–Trinajstić information content (AvgIpc) is 3.11. The van der Waals surface area contributed by atoms with E-state index in [-0.39, 0.29) is 5.91 Å². The molecule has 0 fully saturated rings. The van der Waals surface area contributed by atoms with Crippen molar-refractivity contribution in [2.45, 2.75) is 46.5 Å². The Morgan fingerprint density at radius 3 is 2.86 bits per heavy atom. The summed E-state index contributed by atoms with van der Waals surface area (Å²) in [5, 5.41) is 6.58. The van der Waals surface area contributed by atoms with Crippen molar-refractivity contribution in [3.63, 3.8) is 0 Å². The largest absolute Gasteiger partial charge is 0.381 e. The van der Waals surface area contributed by atoms with Gasteiger partial charge >= 0.3 is 0 Å². The molecule has 0 saturated carbocycles. The first kappa shape index (κ1) is 22.2. The third kappa shape index (κ3) is 7.50. The van der Waals surface area contributed by atoms with E-state index in [1.54, 1.807) is 0 Å². The smallest absolute Gasteiger partial charge is 0.227 e. The number of guanidine groups is 1. The molecule has 0 aliphatic carbocycles. The van der Waals surface area contributed by atoms with Crippen LogP contribution < -0.4 is 15.5 Å². The maximum atomic E-state index is 12.5. The molecule has 1 aliphatic rings. The van der Waals surface area contributed by atoms with Gasteiger partial charge in [-0.25, -0.2) is 0 Å². The fourth-order valence-electron chi connectivity index (χ4n) is 3.20. The molecule has 1 aromatic rings. The Morgan fingerprint density at radius 1 is 1.25 bits per heavy atom. The lowest BCUT2D eigenvalue weighted by Crippen LogP contribution is -2.38. The number of aliphatic imine (C=N–C) groups is 1. The van der Waals surface area contributed by atoms with Crippen LogP contribution in [0, 0.1) is 5.92 Å².